The standard InChI is InChI=1S/CH3BrCl2OSi/c1-5-6(2,3)4/h1H3. The van der Waals surface area contributed by atoms with Crippen LogP contribution >= 0.6 is 37.5 Å². The van der Waals surface area contributed by atoms with Crippen molar-refractivity contribution in [3.63, 3.8) is 0 Å². The molecule has 0 radical (unpaired) electrons. The molecule has 0 heterocycles. The maximum absolute atomic E-state index is 5.32. The molecule has 0 unspecified atom stereocenters. The molecule has 0 aliphatic heterocycles. The predicted molar refractivity (Wildman–Crippen MR) is 33.4 cm³/mol. The minimum atomic E-state index is -2.37. The van der Waals surface area contributed by atoms with Gasteiger partial charge in [0, 0.05) is 7.11 Å². The number of hydrogen-bond donors (Lipinski definition) is 0. The van der Waals surface area contributed by atoms with Crippen molar-refractivity contribution in [3.05, 3.63) is 0 Å². The summed E-state index contributed by atoms with van der Waals surface area (Å²) in [7, 11) is 1.46. The third kappa shape index (κ3) is 5.24. The van der Waals surface area contributed by atoms with E-state index in [2.05, 4.69) is 19.7 Å². The predicted octanol–water partition coefficient (Wildman–Crippen LogP) is 1.94. The molecule has 1 nitrogen and oxygen atoms in total. The van der Waals surface area contributed by atoms with Gasteiger partial charge in [0.25, 0.3) is 0 Å². The van der Waals surface area contributed by atoms with Crippen molar-refractivity contribution in [1.29, 1.82) is 0 Å². The van der Waals surface area contributed by atoms with Crippen molar-refractivity contribution in [3.8, 4) is 0 Å². The number of rotatable bonds is 1. The van der Waals surface area contributed by atoms with Crippen LogP contribution in [0.3, 0.4) is 0 Å². The summed E-state index contributed by atoms with van der Waals surface area (Å²) in [6.07, 6.45) is 0. The Morgan fingerprint density at radius 1 is 1.67 bits per heavy atom. The van der Waals surface area contributed by atoms with Gasteiger partial charge in [0.05, 0.1) is 0 Å². The van der Waals surface area contributed by atoms with Crippen molar-refractivity contribution in [1.82, 2.24) is 0 Å². The normalized spacial score (nSPS) is 12.0. The molecule has 0 bridgehead atoms. The highest BCUT2D eigenvalue weighted by atomic mass is 79.9. The first-order chi connectivity index (χ1) is 2.56. The van der Waals surface area contributed by atoms with Gasteiger partial charge in [-0.1, -0.05) is 15.3 Å². The lowest BCUT2D eigenvalue weighted by Crippen LogP contribution is -2.10. The second kappa shape index (κ2) is 2.52. The first-order valence-electron chi connectivity index (χ1n) is 1.18. The first kappa shape index (κ1) is 7.24. The van der Waals surface area contributed by atoms with Crippen LogP contribution in [0.4, 0.5) is 0 Å². The minimum Gasteiger partial charge on any atom is -0.388 e. The molecule has 0 fully saturated rings. The highest BCUT2D eigenvalue weighted by molar-refractivity contribution is 9.28. The summed E-state index contributed by atoms with van der Waals surface area (Å²) < 4.78 is 4.52. The van der Waals surface area contributed by atoms with E-state index in [1.807, 2.05) is 0 Å². The Morgan fingerprint density at radius 3 is 1.83 bits per heavy atom. The summed E-state index contributed by atoms with van der Waals surface area (Å²) in [6.45, 7) is 0. The van der Waals surface area contributed by atoms with Crippen molar-refractivity contribution < 1.29 is 4.43 Å². The van der Waals surface area contributed by atoms with Gasteiger partial charge in [-0.2, -0.15) is 0 Å². The van der Waals surface area contributed by atoms with Gasteiger partial charge in [-0.15, -0.1) is 22.2 Å². The molecule has 0 N–H and O–H groups in total. The Hall–Kier alpha value is 1.24. The summed E-state index contributed by atoms with van der Waals surface area (Å²) in [5.74, 6) is 0. The second-order valence-electron chi connectivity index (χ2n) is 0.650. The van der Waals surface area contributed by atoms with Crippen LogP contribution < -0.4 is 0 Å². The van der Waals surface area contributed by atoms with Crippen LogP contribution in [0, 0.1) is 0 Å². The monoisotopic (exact) mass is 208 g/mol. The van der Waals surface area contributed by atoms with Crippen LogP contribution in [-0.4, -0.2) is 12.7 Å². The minimum absolute atomic E-state index is 1.46. The topological polar surface area (TPSA) is 9.23 Å². The van der Waals surface area contributed by atoms with Gasteiger partial charge in [-0.3, -0.25) is 0 Å². The van der Waals surface area contributed by atoms with Gasteiger partial charge >= 0.3 is 5.56 Å². The summed E-state index contributed by atoms with van der Waals surface area (Å²) in [5.41, 5.74) is -2.37. The molecule has 0 aromatic carbocycles. The Morgan fingerprint density at radius 2 is 1.83 bits per heavy atom. The van der Waals surface area contributed by atoms with E-state index in [0.717, 1.165) is 0 Å². The average Bonchev–Trinajstić information content (AvgIpc) is 1.35. The fraction of sp³-hybridized carbons (Fsp3) is 1.00. The smallest absolute Gasteiger partial charge is 0.388 e. The summed E-state index contributed by atoms with van der Waals surface area (Å²) in [5, 5.41) is 0. The van der Waals surface area contributed by atoms with Crippen LogP contribution in [0.2, 0.25) is 0 Å². The zero-order valence-corrected chi connectivity index (χ0v) is 7.14. The Labute approximate surface area is 54.7 Å². The lowest BCUT2D eigenvalue weighted by Gasteiger charge is -2.00. The van der Waals surface area contributed by atoms with E-state index in [1.54, 1.807) is 0 Å². The van der Waals surface area contributed by atoms with E-state index in [1.165, 1.54) is 7.11 Å². The van der Waals surface area contributed by atoms with Gasteiger partial charge in [0.15, 0.2) is 0 Å². The highest BCUT2D eigenvalue weighted by Crippen LogP contribution is 2.21. The molecule has 0 spiro atoms. The van der Waals surface area contributed by atoms with Gasteiger partial charge < -0.3 is 4.43 Å². The van der Waals surface area contributed by atoms with Crippen molar-refractivity contribution in [2.45, 2.75) is 0 Å². The lowest BCUT2D eigenvalue weighted by atomic mass is 11.8. The molecule has 0 aliphatic carbocycles. The van der Waals surface area contributed by atoms with Crippen LogP contribution in [-0.2, 0) is 4.43 Å². The maximum Gasteiger partial charge on any atom is 0.464 e. The van der Waals surface area contributed by atoms with Crippen LogP contribution in [0.5, 0.6) is 0 Å². The lowest BCUT2D eigenvalue weighted by molar-refractivity contribution is 0.445. The van der Waals surface area contributed by atoms with Gasteiger partial charge in [-0.25, -0.2) is 0 Å². The van der Waals surface area contributed by atoms with Crippen molar-refractivity contribution in [2.24, 2.45) is 0 Å². The molecule has 0 atom stereocenters. The van der Waals surface area contributed by atoms with E-state index in [0.29, 0.717) is 0 Å². The van der Waals surface area contributed by atoms with Crippen LogP contribution in [0.15, 0.2) is 0 Å². The Kier molecular flexibility index (Phi) is 3.04. The fourth-order valence-electron chi connectivity index (χ4n) is 0. The van der Waals surface area contributed by atoms with Gasteiger partial charge in [0.1, 0.15) is 0 Å². The quantitative estimate of drug-likeness (QED) is 0.474. The van der Waals surface area contributed by atoms with Crippen molar-refractivity contribution in [2.75, 3.05) is 7.11 Å². The molecule has 0 saturated carbocycles. The molecule has 0 aliphatic rings. The van der Waals surface area contributed by atoms with E-state index in [-0.39, 0.29) is 0 Å². The molecule has 6 heavy (non-hydrogen) atoms. The summed E-state index contributed by atoms with van der Waals surface area (Å²) in [6, 6.07) is 0. The summed E-state index contributed by atoms with van der Waals surface area (Å²) >= 11 is 13.6. The molecule has 0 saturated heterocycles. The molecule has 0 aromatic heterocycles. The third-order valence-corrected chi connectivity index (χ3v) is 2.59. The zero-order valence-electron chi connectivity index (χ0n) is 3.04. The molecule has 5 heteroatoms. The molecule has 38 valence electrons. The first-order valence-corrected chi connectivity index (χ1v) is 7.37. The van der Waals surface area contributed by atoms with E-state index in [4.69, 9.17) is 22.2 Å². The van der Waals surface area contributed by atoms with Crippen LogP contribution in [0.1, 0.15) is 0 Å². The molecular weight excluding hydrogens is 207 g/mol. The zero-order chi connectivity index (χ0) is 5.21. The maximum atomic E-state index is 5.32. The van der Waals surface area contributed by atoms with Crippen molar-refractivity contribution >= 4 is 43.0 Å². The Bertz CT molecular complexity index is 43.3. The third-order valence-electron chi connectivity index (χ3n) is 0.231. The molecular formula is CH3BrCl2OSi. The summed E-state index contributed by atoms with van der Waals surface area (Å²) in [4.78, 5) is 0. The number of hydrogen-bond acceptors (Lipinski definition) is 1. The average molecular weight is 210 g/mol. The van der Waals surface area contributed by atoms with E-state index < -0.39 is 5.56 Å². The Balaban J connectivity index is 3.17. The SMILES string of the molecule is CO[Si](Cl)(Cl)Br. The molecule has 0 amide bonds. The highest BCUT2D eigenvalue weighted by Gasteiger charge is 2.23. The number of halogens is 3. The van der Waals surface area contributed by atoms with Crippen LogP contribution in [0.25, 0.3) is 0 Å². The van der Waals surface area contributed by atoms with Gasteiger partial charge in [-0.05, 0) is 0 Å². The second-order valence-corrected chi connectivity index (χ2v) is 11.8. The van der Waals surface area contributed by atoms with E-state index >= 15 is 0 Å². The van der Waals surface area contributed by atoms with Gasteiger partial charge in [0.2, 0.25) is 0 Å². The molecule has 0 aromatic rings. The largest absolute Gasteiger partial charge is 0.464 e. The fourth-order valence-corrected chi connectivity index (χ4v) is 0. The van der Waals surface area contributed by atoms with E-state index in [9.17, 15) is 0 Å². The molecule has 0 rings (SSSR count).